The second kappa shape index (κ2) is 12.0. The van der Waals surface area contributed by atoms with Crippen LogP contribution in [0.15, 0.2) is 71.0 Å². The van der Waals surface area contributed by atoms with E-state index in [1.807, 2.05) is 0 Å². The van der Waals surface area contributed by atoms with Crippen molar-refractivity contribution in [1.82, 2.24) is 15.2 Å². The van der Waals surface area contributed by atoms with Crippen LogP contribution in [0.3, 0.4) is 0 Å². The standard InChI is InChI=1S/C26H28FN7O2/c27-20-6-10-22(11-7-20)36-21-8-4-18(5-9-21)23-16-19(25(28)32-33-29)17-24(31-23)26(35)30-12-15-34-13-2-1-3-14-34/h4-11,16-17H,1-3,12-15H2,(H,30,35)(H3,28,29,32). The van der Waals surface area contributed by atoms with Crippen molar-refractivity contribution in [2.24, 2.45) is 16.2 Å². The van der Waals surface area contributed by atoms with Gasteiger partial charge in [-0.25, -0.2) is 9.37 Å². The van der Waals surface area contributed by atoms with Gasteiger partial charge in [0, 0.05) is 24.2 Å². The molecule has 9 nitrogen and oxygen atoms in total. The molecule has 10 heteroatoms. The predicted octanol–water partition coefficient (Wildman–Crippen LogP) is 4.55. The Morgan fingerprint density at radius 3 is 2.39 bits per heavy atom. The lowest BCUT2D eigenvalue weighted by atomic mass is 10.1. The van der Waals surface area contributed by atoms with Gasteiger partial charge >= 0.3 is 0 Å². The molecule has 186 valence electrons. The van der Waals surface area contributed by atoms with E-state index in [4.69, 9.17) is 16.0 Å². The summed E-state index contributed by atoms with van der Waals surface area (Å²) in [6, 6.07) is 16.0. The van der Waals surface area contributed by atoms with Crippen LogP contribution in [0.2, 0.25) is 0 Å². The van der Waals surface area contributed by atoms with Crippen molar-refractivity contribution in [3.05, 3.63) is 77.7 Å². The van der Waals surface area contributed by atoms with Gasteiger partial charge in [-0.1, -0.05) is 11.6 Å². The molecular formula is C26H28FN7O2. The van der Waals surface area contributed by atoms with Crippen molar-refractivity contribution in [2.45, 2.75) is 19.3 Å². The number of nitrogens with zero attached hydrogens (tertiary/aromatic N) is 4. The third kappa shape index (κ3) is 6.70. The summed E-state index contributed by atoms with van der Waals surface area (Å²) < 4.78 is 18.9. The summed E-state index contributed by atoms with van der Waals surface area (Å²) in [5.41, 5.74) is 1.73. The number of likely N-dealkylation sites (tertiary alicyclic amines) is 1. The normalized spacial score (nSPS) is 14.0. The Hall–Kier alpha value is -4.18. The van der Waals surface area contributed by atoms with Crippen molar-refractivity contribution in [3.63, 3.8) is 0 Å². The van der Waals surface area contributed by atoms with Gasteiger partial charge in [-0.3, -0.25) is 10.2 Å². The first kappa shape index (κ1) is 24.9. The highest BCUT2D eigenvalue weighted by atomic mass is 19.1. The zero-order valence-corrected chi connectivity index (χ0v) is 19.8. The third-order valence-electron chi connectivity index (χ3n) is 5.85. The number of hydrogen-bond donors (Lipinski definition) is 3. The number of nitrogens with one attached hydrogen (secondary N) is 2. The number of carbonyl (C=O) groups excluding carboxylic acids is 1. The van der Waals surface area contributed by atoms with Gasteiger partial charge in [0.2, 0.25) is 0 Å². The Bertz CT molecular complexity index is 1220. The molecule has 2 heterocycles. The molecule has 0 radical (unpaired) electrons. The molecule has 3 aromatic rings. The molecular weight excluding hydrogens is 461 g/mol. The number of rotatable bonds is 8. The summed E-state index contributed by atoms with van der Waals surface area (Å²) in [6.45, 7) is 3.40. The monoisotopic (exact) mass is 489 g/mol. The highest BCUT2D eigenvalue weighted by molar-refractivity contribution is 6.01. The van der Waals surface area contributed by atoms with Crippen LogP contribution in [0.4, 0.5) is 4.39 Å². The van der Waals surface area contributed by atoms with Crippen LogP contribution in [-0.4, -0.2) is 47.8 Å². The van der Waals surface area contributed by atoms with Gasteiger partial charge in [-0.2, -0.15) is 0 Å². The predicted molar refractivity (Wildman–Crippen MR) is 135 cm³/mol. The van der Waals surface area contributed by atoms with Crippen molar-refractivity contribution in [3.8, 4) is 22.8 Å². The number of aromatic nitrogens is 1. The number of pyridine rings is 1. The molecule has 0 spiro atoms. The maximum Gasteiger partial charge on any atom is 0.269 e. The quantitative estimate of drug-likeness (QED) is 0.141. The molecule has 1 aliphatic rings. The Morgan fingerprint density at radius 1 is 1.06 bits per heavy atom. The number of nitrogens with two attached hydrogens (primary N) is 1. The molecule has 1 saturated heterocycles. The number of hydrogen-bond acceptors (Lipinski definition) is 6. The summed E-state index contributed by atoms with van der Waals surface area (Å²) in [4.78, 5) is 19.8. The van der Waals surface area contributed by atoms with Crippen LogP contribution in [-0.2, 0) is 0 Å². The Morgan fingerprint density at radius 2 is 1.72 bits per heavy atom. The van der Waals surface area contributed by atoms with Gasteiger partial charge in [-0.15, -0.1) is 5.11 Å². The number of halogens is 1. The highest BCUT2D eigenvalue weighted by Gasteiger charge is 2.15. The van der Waals surface area contributed by atoms with E-state index in [1.165, 1.54) is 37.5 Å². The van der Waals surface area contributed by atoms with E-state index in [0.29, 0.717) is 34.9 Å². The molecule has 1 fully saturated rings. The smallest absolute Gasteiger partial charge is 0.269 e. The van der Waals surface area contributed by atoms with Crippen molar-refractivity contribution < 1.29 is 13.9 Å². The van der Waals surface area contributed by atoms with Gasteiger partial charge in [-0.05, 0) is 86.6 Å². The van der Waals surface area contributed by atoms with E-state index >= 15 is 0 Å². The minimum Gasteiger partial charge on any atom is -0.457 e. The second-order valence-corrected chi connectivity index (χ2v) is 8.43. The van der Waals surface area contributed by atoms with Crippen LogP contribution in [0.5, 0.6) is 11.5 Å². The zero-order valence-electron chi connectivity index (χ0n) is 19.8. The summed E-state index contributed by atoms with van der Waals surface area (Å²) >= 11 is 0. The van der Waals surface area contributed by atoms with Gasteiger partial charge in [0.05, 0.1) is 5.69 Å². The van der Waals surface area contributed by atoms with Crippen LogP contribution < -0.4 is 15.9 Å². The molecule has 0 bridgehead atoms. The molecule has 1 aliphatic heterocycles. The van der Waals surface area contributed by atoms with E-state index in [2.05, 4.69) is 25.5 Å². The largest absolute Gasteiger partial charge is 0.457 e. The molecule has 0 atom stereocenters. The maximum absolute atomic E-state index is 13.1. The average molecular weight is 490 g/mol. The van der Waals surface area contributed by atoms with E-state index in [-0.39, 0.29) is 23.3 Å². The lowest BCUT2D eigenvalue weighted by Gasteiger charge is -2.26. The first-order valence-electron chi connectivity index (χ1n) is 11.8. The highest BCUT2D eigenvalue weighted by Crippen LogP contribution is 2.26. The number of carbonyl (C=O) groups is 1. The SMILES string of the molecule is N=C(N=NN)c1cc(C(=O)NCCN2CCCCC2)nc(-c2ccc(Oc3ccc(F)cc3)cc2)c1. The fraction of sp³-hybridized carbons (Fsp3) is 0.269. The first-order chi connectivity index (χ1) is 17.5. The van der Waals surface area contributed by atoms with Crippen LogP contribution in [0.1, 0.15) is 35.3 Å². The number of amidine groups is 1. The zero-order chi connectivity index (χ0) is 25.3. The minimum absolute atomic E-state index is 0.171. The molecule has 4 rings (SSSR count). The third-order valence-corrected chi connectivity index (χ3v) is 5.85. The van der Waals surface area contributed by atoms with Gasteiger partial charge in [0.1, 0.15) is 23.0 Å². The summed E-state index contributed by atoms with van der Waals surface area (Å²) in [6.07, 6.45) is 3.63. The number of piperidine rings is 1. The number of ether oxygens (including phenoxy) is 1. The van der Waals surface area contributed by atoms with E-state index in [1.54, 1.807) is 42.5 Å². The lowest BCUT2D eigenvalue weighted by molar-refractivity contribution is 0.0941. The van der Waals surface area contributed by atoms with E-state index in [0.717, 1.165) is 19.6 Å². The molecule has 2 aromatic carbocycles. The molecule has 0 saturated carbocycles. The van der Waals surface area contributed by atoms with Gasteiger partial charge in [0.15, 0.2) is 5.84 Å². The molecule has 36 heavy (non-hydrogen) atoms. The maximum atomic E-state index is 13.1. The molecule has 0 aliphatic carbocycles. The lowest BCUT2D eigenvalue weighted by Crippen LogP contribution is -2.37. The minimum atomic E-state index is -0.338. The van der Waals surface area contributed by atoms with Crippen LogP contribution in [0, 0.1) is 11.2 Å². The van der Waals surface area contributed by atoms with E-state index < -0.39 is 0 Å². The summed E-state index contributed by atoms with van der Waals surface area (Å²) in [7, 11) is 0. The number of amides is 1. The van der Waals surface area contributed by atoms with Crippen LogP contribution >= 0.6 is 0 Å². The van der Waals surface area contributed by atoms with Gasteiger partial charge in [0.25, 0.3) is 5.91 Å². The summed E-state index contributed by atoms with van der Waals surface area (Å²) in [5.74, 6) is 5.34. The van der Waals surface area contributed by atoms with Crippen molar-refractivity contribution >= 4 is 11.7 Å². The Balaban J connectivity index is 1.51. The molecule has 1 aromatic heterocycles. The average Bonchev–Trinajstić information content (AvgIpc) is 2.91. The second-order valence-electron chi connectivity index (χ2n) is 8.43. The number of benzene rings is 2. The molecule has 0 unspecified atom stereocenters. The van der Waals surface area contributed by atoms with E-state index in [9.17, 15) is 9.18 Å². The van der Waals surface area contributed by atoms with Gasteiger partial charge < -0.3 is 20.8 Å². The topological polar surface area (TPSA) is 129 Å². The Kier molecular flexibility index (Phi) is 8.30. The Labute approximate surface area is 208 Å². The first-order valence-corrected chi connectivity index (χ1v) is 11.8. The molecule has 1 amide bonds. The van der Waals surface area contributed by atoms with Crippen molar-refractivity contribution in [1.29, 1.82) is 5.41 Å². The summed E-state index contributed by atoms with van der Waals surface area (Å²) in [5, 5.41) is 17.8. The fourth-order valence-electron chi connectivity index (χ4n) is 3.98. The van der Waals surface area contributed by atoms with Crippen molar-refractivity contribution in [2.75, 3.05) is 26.2 Å². The fourth-order valence-corrected chi connectivity index (χ4v) is 3.98. The van der Waals surface area contributed by atoms with Crippen LogP contribution in [0.25, 0.3) is 11.3 Å². The molecule has 4 N–H and O–H groups in total.